The van der Waals surface area contributed by atoms with Crippen LogP contribution in [0.15, 0.2) is 328 Å². The van der Waals surface area contributed by atoms with Crippen molar-refractivity contribution in [2.75, 3.05) is 29.4 Å². The Bertz CT molecular complexity index is 5660. The molecule has 22 rings (SSSR count). The van der Waals surface area contributed by atoms with Gasteiger partial charge in [0.15, 0.2) is 86.5 Å². The maximum Gasteiger partial charge on any atom is 0.161 e. The zero-order chi connectivity index (χ0) is 70.9. The fourth-order valence-electron chi connectivity index (χ4n) is 15.2. The van der Waals surface area contributed by atoms with E-state index in [2.05, 4.69) is 120 Å². The fourth-order valence-corrected chi connectivity index (χ4v) is 15.2. The molecule has 16 aromatic rings. The zero-order valence-corrected chi connectivity index (χ0v) is 57.0. The number of aromatic nitrogens is 6. The van der Waals surface area contributed by atoms with Crippen LogP contribution in [-0.2, 0) is 0 Å². The Balaban J connectivity index is 0.679. The first kappa shape index (κ1) is 60.3. The summed E-state index contributed by atoms with van der Waals surface area (Å²) in [6, 6.07) is 103. The highest BCUT2D eigenvalue weighted by atomic mass is 16.5. The molecule has 0 amide bonds. The first-order valence-electron chi connectivity index (χ1n) is 35.3. The first-order chi connectivity index (χ1) is 53.5. The number of nitrogens with zero attached hydrogens (tertiary/aromatic N) is 12. The van der Waals surface area contributed by atoms with Crippen LogP contribution in [-0.4, -0.2) is 29.9 Å². The van der Waals surface area contributed by atoms with Crippen molar-refractivity contribution in [3.63, 3.8) is 0 Å². The Morgan fingerprint density at radius 2 is 0.370 bits per heavy atom. The molecule has 18 nitrogen and oxygen atoms in total. The lowest BCUT2D eigenvalue weighted by Gasteiger charge is -2.35. The van der Waals surface area contributed by atoms with Crippen molar-refractivity contribution in [3.05, 3.63) is 328 Å². The van der Waals surface area contributed by atoms with E-state index in [1.54, 1.807) is 18.6 Å². The molecular formula is C90H54N12O6. The van der Waals surface area contributed by atoms with Gasteiger partial charge in [-0.3, -0.25) is 14.7 Å². The summed E-state index contributed by atoms with van der Waals surface area (Å²) >= 11 is 0. The molecule has 3 aromatic heterocycles. The summed E-state index contributed by atoms with van der Waals surface area (Å²) in [4.78, 5) is 44.7. The number of anilines is 18. The molecule has 0 spiro atoms. The van der Waals surface area contributed by atoms with E-state index in [1.165, 1.54) is 0 Å². The van der Waals surface area contributed by atoms with Crippen LogP contribution in [0.5, 0.6) is 69.0 Å². The van der Waals surface area contributed by atoms with Gasteiger partial charge in [-0.05, 0) is 182 Å². The van der Waals surface area contributed by atoms with Crippen LogP contribution in [0, 0.1) is 0 Å². The van der Waals surface area contributed by atoms with E-state index in [0.29, 0.717) is 86.1 Å². The molecule has 6 aliphatic heterocycles. The second-order valence-corrected chi connectivity index (χ2v) is 26.3. The lowest BCUT2D eigenvalue weighted by molar-refractivity contribution is 0.474. The zero-order valence-electron chi connectivity index (χ0n) is 57.0. The number of hydrogen-bond donors (Lipinski definition) is 0. The van der Waals surface area contributed by atoms with Gasteiger partial charge in [-0.2, -0.15) is 0 Å². The van der Waals surface area contributed by atoms with Crippen LogP contribution < -0.4 is 57.8 Å². The maximum atomic E-state index is 6.87. The molecule has 0 N–H and O–H groups in total. The third-order valence-electron chi connectivity index (χ3n) is 19.9. The molecule has 9 heterocycles. The predicted molar refractivity (Wildman–Crippen MR) is 418 cm³/mol. The Hall–Kier alpha value is -15.3. The van der Waals surface area contributed by atoms with Crippen LogP contribution >= 0.6 is 0 Å². The fraction of sp³-hybridized carbons (Fsp3) is 0. The van der Waals surface area contributed by atoms with E-state index >= 15 is 0 Å². The average Bonchev–Trinajstić information content (AvgIpc) is 0.748. The molecule has 6 aliphatic rings. The quantitative estimate of drug-likeness (QED) is 0.135. The van der Waals surface area contributed by atoms with Crippen LogP contribution in [0.1, 0.15) is 0 Å². The van der Waals surface area contributed by atoms with Crippen molar-refractivity contribution in [2.45, 2.75) is 0 Å². The molecule has 0 unspecified atom stereocenters. The molecule has 510 valence electrons. The van der Waals surface area contributed by atoms with Crippen molar-refractivity contribution >= 4 is 103 Å². The van der Waals surface area contributed by atoms with Crippen LogP contribution in [0.25, 0.3) is 34.2 Å². The van der Waals surface area contributed by atoms with E-state index in [0.717, 1.165) is 120 Å². The van der Waals surface area contributed by atoms with Crippen molar-refractivity contribution in [1.82, 2.24) is 29.9 Å². The maximum absolute atomic E-state index is 6.87. The number of rotatable bonds is 9. The third-order valence-corrected chi connectivity index (χ3v) is 19.9. The van der Waals surface area contributed by atoms with Crippen LogP contribution in [0.2, 0.25) is 0 Å². The van der Waals surface area contributed by atoms with E-state index < -0.39 is 0 Å². The van der Waals surface area contributed by atoms with Gasteiger partial charge in [-0.25, -0.2) is 29.9 Å². The number of benzene rings is 13. The SMILES string of the molecule is c1ccc2c(c1)Oc1ccccc1N2c1ccc2c(c1)Oc1ccccc1N2c1ccnc(-c2cc(-c3nccc(N4c5ccccc5Oc5cc(N6c7ccccc7Oc7ccccc76)ccc54)n3)cc(-c3nccc(N4c5ccccc5Oc5cc(N6c7ccccc7Oc7ccccc76)ccc54)n3)c2)n1. The molecule has 0 fully saturated rings. The molecule has 0 saturated carbocycles. The summed E-state index contributed by atoms with van der Waals surface area (Å²) in [5, 5.41) is 0. The van der Waals surface area contributed by atoms with Crippen molar-refractivity contribution in [3.8, 4) is 103 Å². The molecule has 18 heteroatoms. The molecule has 0 atom stereocenters. The molecule has 13 aromatic carbocycles. The lowest BCUT2D eigenvalue weighted by atomic mass is 10.0. The second-order valence-electron chi connectivity index (χ2n) is 26.3. The molecule has 0 saturated heterocycles. The summed E-state index contributed by atoms with van der Waals surface area (Å²) < 4.78 is 39.9. The smallest absolute Gasteiger partial charge is 0.161 e. The van der Waals surface area contributed by atoms with E-state index in [9.17, 15) is 0 Å². The highest BCUT2D eigenvalue weighted by molar-refractivity contribution is 5.96. The summed E-state index contributed by atoms with van der Waals surface area (Å²) in [6.07, 6.45) is 5.36. The minimum Gasteiger partial charge on any atom is -0.453 e. The van der Waals surface area contributed by atoms with Gasteiger partial charge >= 0.3 is 0 Å². The van der Waals surface area contributed by atoms with Gasteiger partial charge in [0.1, 0.15) is 17.5 Å². The second kappa shape index (κ2) is 24.2. The van der Waals surface area contributed by atoms with Gasteiger partial charge in [0.25, 0.3) is 0 Å². The van der Waals surface area contributed by atoms with E-state index in [-0.39, 0.29) is 0 Å². The number of ether oxygens (including phenoxy) is 6. The van der Waals surface area contributed by atoms with Crippen molar-refractivity contribution < 1.29 is 28.4 Å². The Labute approximate surface area is 618 Å². The molecule has 0 aliphatic carbocycles. The van der Waals surface area contributed by atoms with Gasteiger partial charge < -0.3 is 43.1 Å². The summed E-state index contributed by atoms with van der Waals surface area (Å²) in [7, 11) is 0. The van der Waals surface area contributed by atoms with Crippen molar-refractivity contribution in [1.29, 1.82) is 0 Å². The van der Waals surface area contributed by atoms with Gasteiger partial charge in [-0.15, -0.1) is 0 Å². The Kier molecular flexibility index (Phi) is 13.5. The van der Waals surface area contributed by atoms with Crippen molar-refractivity contribution in [2.24, 2.45) is 0 Å². The summed E-state index contributed by atoms with van der Waals surface area (Å²) in [6.45, 7) is 0. The Morgan fingerprint density at radius 3 is 0.602 bits per heavy atom. The van der Waals surface area contributed by atoms with E-state index in [1.807, 2.05) is 218 Å². The predicted octanol–water partition coefficient (Wildman–Crippen LogP) is 24.5. The van der Waals surface area contributed by atoms with Gasteiger partial charge in [0, 0.05) is 53.5 Å². The third kappa shape index (κ3) is 9.81. The molecule has 108 heavy (non-hydrogen) atoms. The Morgan fingerprint density at radius 1 is 0.176 bits per heavy atom. The monoisotopic (exact) mass is 1400 g/mol. The molecule has 0 radical (unpaired) electrons. The number of fused-ring (bicyclic) bond motifs is 12. The molecular weight excluding hydrogens is 1350 g/mol. The average molecular weight is 1400 g/mol. The minimum atomic E-state index is 0.418. The summed E-state index contributed by atoms with van der Waals surface area (Å²) in [5.74, 6) is 11.4. The summed E-state index contributed by atoms with van der Waals surface area (Å²) in [5.41, 5.74) is 14.8. The van der Waals surface area contributed by atoms with Gasteiger partial charge in [-0.1, -0.05) is 109 Å². The standard InChI is InChI=1S/C90H54N12O6/c1-10-28-73-61(19-1)97(62-20-2-11-29-74(62)103-73)58-37-40-70-82(52-58)106-79-34-16-7-25-67(79)100(70)85-43-46-91-88(94-85)55-49-56(89-92-47-44-86(95-89)101-68-26-8-17-35-80(68)107-83-53-59(38-41-71(83)101)98-63-21-3-12-30-75(63)104-76-31-13-4-22-64(76)98)51-57(50-55)90-93-48-45-87(96-90)102-69-27-9-18-36-81(69)108-84-54-60(39-42-72(84)102)99-65-23-5-14-32-77(65)105-78-33-15-6-24-66(78)99/h1-54H. The largest absolute Gasteiger partial charge is 0.453 e. The van der Waals surface area contributed by atoms with Gasteiger partial charge in [0.05, 0.1) is 85.3 Å². The highest BCUT2D eigenvalue weighted by Crippen LogP contribution is 2.60. The van der Waals surface area contributed by atoms with Crippen LogP contribution in [0.3, 0.4) is 0 Å². The number of para-hydroxylation sites is 18. The molecule has 0 bridgehead atoms. The topological polar surface area (TPSA) is 152 Å². The highest BCUT2D eigenvalue weighted by Gasteiger charge is 2.36. The normalized spacial score (nSPS) is 13.3. The van der Waals surface area contributed by atoms with Crippen LogP contribution in [0.4, 0.5) is 103 Å². The van der Waals surface area contributed by atoms with Gasteiger partial charge in [0.2, 0.25) is 0 Å². The van der Waals surface area contributed by atoms with E-state index in [4.69, 9.17) is 58.3 Å². The minimum absolute atomic E-state index is 0.418. The first-order valence-corrected chi connectivity index (χ1v) is 35.3. The lowest BCUT2D eigenvalue weighted by Crippen LogP contribution is -2.19. The number of hydrogen-bond acceptors (Lipinski definition) is 18.